The van der Waals surface area contributed by atoms with Crippen LogP contribution in [0.2, 0.25) is 0 Å². The molecule has 0 aliphatic carbocycles. The molecule has 0 saturated carbocycles. The van der Waals surface area contributed by atoms with Crippen LogP contribution >= 0.6 is 23.3 Å². The molecular weight excluding hydrogens is 350 g/mol. The predicted molar refractivity (Wildman–Crippen MR) is 106 cm³/mol. The van der Waals surface area contributed by atoms with Gasteiger partial charge >= 0.3 is 0 Å². The number of thiazole rings is 1. The summed E-state index contributed by atoms with van der Waals surface area (Å²) < 4.78 is 3.25. The summed E-state index contributed by atoms with van der Waals surface area (Å²) >= 11 is 2.86. The Morgan fingerprint density at radius 1 is 1.08 bits per heavy atom. The molecule has 128 valence electrons. The Bertz CT molecular complexity index is 819. The van der Waals surface area contributed by atoms with E-state index in [9.17, 15) is 4.79 Å². The highest BCUT2D eigenvalue weighted by Gasteiger charge is 2.19. The van der Waals surface area contributed by atoms with Gasteiger partial charge in [0, 0.05) is 17.0 Å². The van der Waals surface area contributed by atoms with Crippen molar-refractivity contribution in [2.24, 2.45) is 0 Å². The maximum atomic E-state index is 12.5. The molecule has 0 saturated heterocycles. The fraction of sp³-hybridized carbons (Fsp3) is 0.158. The van der Waals surface area contributed by atoms with Gasteiger partial charge in [0.2, 0.25) is 0 Å². The highest BCUT2D eigenvalue weighted by Crippen LogP contribution is 2.33. The van der Waals surface area contributed by atoms with Gasteiger partial charge in [-0.15, -0.1) is 0 Å². The van der Waals surface area contributed by atoms with Gasteiger partial charge in [0.25, 0.3) is 5.91 Å². The molecule has 1 amide bonds. The van der Waals surface area contributed by atoms with Gasteiger partial charge in [-0.2, -0.15) is 0 Å². The van der Waals surface area contributed by atoms with Crippen LogP contribution in [0.1, 0.15) is 23.0 Å². The van der Waals surface area contributed by atoms with Crippen molar-refractivity contribution in [3.05, 3.63) is 65.5 Å². The quantitative estimate of drug-likeness (QED) is 0.571. The molecule has 0 radical (unpaired) electrons. The molecule has 0 atom stereocenters. The van der Waals surface area contributed by atoms with Crippen LogP contribution in [0, 0.1) is 0 Å². The number of nitrogens with one attached hydrogen (secondary N) is 2. The molecule has 3 aromatic rings. The van der Waals surface area contributed by atoms with E-state index in [4.69, 9.17) is 0 Å². The van der Waals surface area contributed by atoms with E-state index in [1.54, 1.807) is 0 Å². The van der Waals surface area contributed by atoms with Crippen LogP contribution in [0.3, 0.4) is 0 Å². The van der Waals surface area contributed by atoms with Crippen LogP contribution < -0.4 is 10.0 Å². The number of hydrogen-bond acceptors (Lipinski definition) is 5. The lowest BCUT2D eigenvalue weighted by molar-refractivity contribution is 0.0958. The van der Waals surface area contributed by atoms with Gasteiger partial charge in [-0.1, -0.05) is 66.8 Å². The van der Waals surface area contributed by atoms with Crippen LogP contribution in [0.25, 0.3) is 11.3 Å². The number of aromatic nitrogens is 1. The Balaban J connectivity index is 1.84. The lowest BCUT2D eigenvalue weighted by Crippen LogP contribution is -2.23. The third-order valence-electron chi connectivity index (χ3n) is 3.42. The Labute approximate surface area is 155 Å². The van der Waals surface area contributed by atoms with E-state index < -0.39 is 0 Å². The van der Waals surface area contributed by atoms with E-state index in [1.165, 1.54) is 23.3 Å². The first kappa shape index (κ1) is 17.5. The molecule has 0 bridgehead atoms. The molecule has 1 aromatic heterocycles. The molecular formula is C19H19N3OS2. The van der Waals surface area contributed by atoms with E-state index in [-0.39, 0.29) is 5.91 Å². The number of carbonyl (C=O) groups is 1. The topological polar surface area (TPSA) is 54.0 Å². The average Bonchev–Trinajstić information content (AvgIpc) is 3.10. The summed E-state index contributed by atoms with van der Waals surface area (Å²) in [4.78, 5) is 18.9. The minimum Gasteiger partial charge on any atom is -0.351 e. The predicted octanol–water partition coefficient (Wildman–Crippen LogP) is 5.07. The minimum atomic E-state index is -0.0732. The third-order valence-corrected chi connectivity index (χ3v) is 5.32. The van der Waals surface area contributed by atoms with Crippen LogP contribution in [0.15, 0.2) is 65.6 Å². The first-order chi connectivity index (χ1) is 12.3. The molecule has 0 spiro atoms. The number of anilines is 1. The van der Waals surface area contributed by atoms with Crippen molar-refractivity contribution < 1.29 is 4.79 Å². The van der Waals surface area contributed by atoms with Crippen molar-refractivity contribution in [2.75, 3.05) is 11.3 Å². The van der Waals surface area contributed by atoms with E-state index in [0.717, 1.165) is 22.6 Å². The van der Waals surface area contributed by atoms with Crippen LogP contribution in [0.4, 0.5) is 5.13 Å². The van der Waals surface area contributed by atoms with E-state index >= 15 is 0 Å². The molecule has 1 heterocycles. The normalized spacial score (nSPS) is 10.4. The zero-order valence-corrected chi connectivity index (χ0v) is 15.5. The fourth-order valence-electron chi connectivity index (χ4n) is 2.22. The molecule has 0 aliphatic rings. The summed E-state index contributed by atoms with van der Waals surface area (Å²) in [6, 6.07) is 19.8. The van der Waals surface area contributed by atoms with Crippen molar-refractivity contribution in [2.45, 2.75) is 18.2 Å². The first-order valence-electron chi connectivity index (χ1n) is 8.10. The first-order valence-corrected chi connectivity index (χ1v) is 9.73. The molecule has 2 N–H and O–H groups in total. The van der Waals surface area contributed by atoms with Gasteiger partial charge in [-0.25, -0.2) is 4.98 Å². The van der Waals surface area contributed by atoms with Crippen molar-refractivity contribution in [3.63, 3.8) is 0 Å². The molecule has 6 heteroatoms. The zero-order valence-electron chi connectivity index (χ0n) is 13.9. The van der Waals surface area contributed by atoms with Crippen LogP contribution in [-0.2, 0) is 0 Å². The second-order valence-corrected chi connectivity index (χ2v) is 7.21. The van der Waals surface area contributed by atoms with E-state index in [2.05, 4.69) is 15.0 Å². The Morgan fingerprint density at radius 3 is 2.44 bits per heavy atom. The lowest BCUT2D eigenvalue weighted by atomic mass is 10.1. The average molecular weight is 370 g/mol. The highest BCUT2D eigenvalue weighted by atomic mass is 32.2. The number of rotatable bonds is 7. The molecule has 0 fully saturated rings. The van der Waals surface area contributed by atoms with Gasteiger partial charge in [0.15, 0.2) is 5.13 Å². The second-order valence-electron chi connectivity index (χ2n) is 5.34. The SMILES string of the molecule is CCCNC(=O)c1sc(NSc2ccccc2)nc1-c1ccccc1. The Hall–Kier alpha value is -2.31. The van der Waals surface area contributed by atoms with Crippen LogP contribution in [0.5, 0.6) is 0 Å². The molecule has 0 unspecified atom stereocenters. The number of carbonyl (C=O) groups excluding carboxylic acids is 1. The van der Waals surface area contributed by atoms with E-state index in [1.807, 2.05) is 67.6 Å². The fourth-order valence-corrected chi connectivity index (χ4v) is 3.81. The maximum absolute atomic E-state index is 12.5. The molecule has 3 rings (SSSR count). The third kappa shape index (κ3) is 4.61. The van der Waals surface area contributed by atoms with Crippen LogP contribution in [-0.4, -0.2) is 17.4 Å². The second kappa shape index (κ2) is 8.69. The number of benzene rings is 2. The van der Waals surface area contributed by atoms with Gasteiger partial charge in [-0.3, -0.25) is 4.79 Å². The summed E-state index contributed by atoms with van der Waals surface area (Å²) in [6.45, 7) is 2.70. The summed E-state index contributed by atoms with van der Waals surface area (Å²) in [5, 5.41) is 3.66. The van der Waals surface area contributed by atoms with Crippen molar-refractivity contribution in [1.82, 2.24) is 10.3 Å². The van der Waals surface area contributed by atoms with Gasteiger partial charge < -0.3 is 10.0 Å². The smallest absolute Gasteiger partial charge is 0.263 e. The zero-order chi connectivity index (χ0) is 17.5. The number of amides is 1. The van der Waals surface area contributed by atoms with E-state index in [0.29, 0.717) is 16.6 Å². The van der Waals surface area contributed by atoms with Crippen molar-refractivity contribution in [3.8, 4) is 11.3 Å². The van der Waals surface area contributed by atoms with Gasteiger partial charge in [-0.05, 0) is 30.5 Å². The van der Waals surface area contributed by atoms with Gasteiger partial charge in [0.05, 0.1) is 5.69 Å². The molecule has 0 aliphatic heterocycles. The molecule has 4 nitrogen and oxygen atoms in total. The number of hydrogen-bond donors (Lipinski definition) is 2. The van der Waals surface area contributed by atoms with Crippen molar-refractivity contribution in [1.29, 1.82) is 0 Å². The Kier molecular flexibility index (Phi) is 6.09. The summed E-state index contributed by atoms with van der Waals surface area (Å²) in [5.41, 5.74) is 1.66. The standard InChI is InChI=1S/C19H19N3OS2/c1-2-13-20-18(23)17-16(14-9-5-3-6-10-14)21-19(24-17)22-25-15-11-7-4-8-12-15/h3-12H,2,13H2,1H3,(H,20,23)(H,21,22). The minimum absolute atomic E-state index is 0.0732. The summed E-state index contributed by atoms with van der Waals surface area (Å²) in [5.74, 6) is -0.0732. The Morgan fingerprint density at radius 2 is 1.76 bits per heavy atom. The highest BCUT2D eigenvalue weighted by molar-refractivity contribution is 8.00. The summed E-state index contributed by atoms with van der Waals surface area (Å²) in [7, 11) is 0. The van der Waals surface area contributed by atoms with Crippen molar-refractivity contribution >= 4 is 34.3 Å². The largest absolute Gasteiger partial charge is 0.351 e. The number of nitrogens with zero attached hydrogens (tertiary/aromatic N) is 1. The monoisotopic (exact) mass is 369 g/mol. The molecule has 25 heavy (non-hydrogen) atoms. The maximum Gasteiger partial charge on any atom is 0.263 e. The summed E-state index contributed by atoms with van der Waals surface area (Å²) in [6.07, 6.45) is 0.903. The molecule has 2 aromatic carbocycles. The van der Waals surface area contributed by atoms with Gasteiger partial charge in [0.1, 0.15) is 4.88 Å². The lowest BCUT2D eigenvalue weighted by Gasteiger charge is -2.03.